The van der Waals surface area contributed by atoms with Gasteiger partial charge in [0.25, 0.3) is 0 Å². The van der Waals surface area contributed by atoms with Crippen LogP contribution in [0.5, 0.6) is 11.5 Å². The van der Waals surface area contributed by atoms with Crippen molar-refractivity contribution in [1.82, 2.24) is 4.90 Å². The van der Waals surface area contributed by atoms with E-state index in [9.17, 15) is 4.79 Å². The molecule has 0 bridgehead atoms. The first-order chi connectivity index (χ1) is 8.15. The minimum Gasteiger partial charge on any atom is -0.493 e. The van der Waals surface area contributed by atoms with Crippen molar-refractivity contribution in [2.24, 2.45) is 0 Å². The maximum atomic E-state index is 11.1. The van der Waals surface area contributed by atoms with Crippen molar-refractivity contribution in [1.29, 1.82) is 0 Å². The van der Waals surface area contributed by atoms with E-state index in [1.165, 1.54) is 5.56 Å². The van der Waals surface area contributed by atoms with Gasteiger partial charge in [-0.15, -0.1) is 0 Å². The SMILES string of the molecule is COc1cc2c(cc1OC)CN(C(=O)Cl)CC2. The van der Waals surface area contributed by atoms with Crippen LogP contribution in [0.4, 0.5) is 4.79 Å². The number of halogens is 1. The maximum Gasteiger partial charge on any atom is 0.316 e. The third-order valence-corrected chi connectivity index (χ3v) is 3.21. The molecule has 1 aromatic rings. The van der Waals surface area contributed by atoms with Gasteiger partial charge < -0.3 is 14.4 Å². The number of hydrogen-bond acceptors (Lipinski definition) is 3. The predicted molar refractivity (Wildman–Crippen MR) is 64.9 cm³/mol. The summed E-state index contributed by atoms with van der Waals surface area (Å²) in [5.41, 5.74) is 2.24. The number of hydrogen-bond donors (Lipinski definition) is 0. The summed E-state index contributed by atoms with van der Waals surface area (Å²) in [4.78, 5) is 12.7. The first kappa shape index (κ1) is 12.0. The van der Waals surface area contributed by atoms with E-state index >= 15 is 0 Å². The topological polar surface area (TPSA) is 38.8 Å². The summed E-state index contributed by atoms with van der Waals surface area (Å²) in [6.45, 7) is 1.17. The van der Waals surface area contributed by atoms with Crippen LogP contribution in [-0.2, 0) is 13.0 Å². The monoisotopic (exact) mass is 255 g/mol. The molecule has 0 N–H and O–H groups in total. The standard InChI is InChI=1S/C12H14ClNO3/c1-16-10-5-8-3-4-14(12(13)15)7-9(8)6-11(10)17-2/h5-6H,3-4,7H2,1-2H3. The lowest BCUT2D eigenvalue weighted by atomic mass is 9.99. The van der Waals surface area contributed by atoms with Gasteiger partial charge in [-0.05, 0) is 41.3 Å². The first-order valence-corrected chi connectivity index (χ1v) is 5.71. The maximum absolute atomic E-state index is 11.1. The van der Waals surface area contributed by atoms with Crippen molar-refractivity contribution in [3.8, 4) is 11.5 Å². The smallest absolute Gasteiger partial charge is 0.316 e. The van der Waals surface area contributed by atoms with Crippen molar-refractivity contribution < 1.29 is 14.3 Å². The van der Waals surface area contributed by atoms with Crippen LogP contribution in [0.1, 0.15) is 11.1 Å². The zero-order chi connectivity index (χ0) is 12.4. The molecule has 1 aromatic carbocycles. The highest BCUT2D eigenvalue weighted by Gasteiger charge is 2.21. The first-order valence-electron chi connectivity index (χ1n) is 5.34. The Kier molecular flexibility index (Phi) is 3.43. The van der Waals surface area contributed by atoms with E-state index in [-0.39, 0.29) is 0 Å². The number of methoxy groups -OCH3 is 2. The molecule has 0 saturated carbocycles. The van der Waals surface area contributed by atoms with Crippen LogP contribution in [0.3, 0.4) is 0 Å². The number of amides is 1. The van der Waals surface area contributed by atoms with Gasteiger partial charge in [-0.1, -0.05) is 0 Å². The zero-order valence-electron chi connectivity index (χ0n) is 9.83. The van der Waals surface area contributed by atoms with Crippen LogP contribution < -0.4 is 9.47 Å². The van der Waals surface area contributed by atoms with E-state index in [1.54, 1.807) is 19.1 Å². The number of ether oxygens (including phenoxy) is 2. The molecule has 0 aromatic heterocycles. The number of nitrogens with zero attached hydrogens (tertiary/aromatic N) is 1. The van der Waals surface area contributed by atoms with Gasteiger partial charge in [-0.3, -0.25) is 4.79 Å². The molecule has 0 aliphatic carbocycles. The second-order valence-corrected chi connectivity index (χ2v) is 4.22. The fraction of sp³-hybridized carbons (Fsp3) is 0.417. The molecule has 17 heavy (non-hydrogen) atoms. The van der Waals surface area contributed by atoms with Gasteiger partial charge in [0, 0.05) is 13.1 Å². The van der Waals surface area contributed by atoms with Crippen molar-refractivity contribution in [2.45, 2.75) is 13.0 Å². The van der Waals surface area contributed by atoms with Gasteiger partial charge in [0.05, 0.1) is 14.2 Å². The van der Waals surface area contributed by atoms with Gasteiger partial charge in [0.2, 0.25) is 0 Å². The third kappa shape index (κ3) is 2.31. The minimum absolute atomic E-state index is 0.412. The molecule has 1 heterocycles. The number of carbonyl (C=O) groups is 1. The molecule has 0 radical (unpaired) electrons. The zero-order valence-corrected chi connectivity index (χ0v) is 10.6. The number of benzene rings is 1. The van der Waals surface area contributed by atoms with Crippen LogP contribution in [0.15, 0.2) is 12.1 Å². The number of rotatable bonds is 2. The lowest BCUT2D eigenvalue weighted by molar-refractivity contribution is 0.216. The Balaban J connectivity index is 2.35. The molecule has 2 rings (SSSR count). The molecule has 0 unspecified atom stereocenters. The van der Waals surface area contributed by atoms with Gasteiger partial charge in [0.15, 0.2) is 11.5 Å². The molecule has 92 valence electrons. The van der Waals surface area contributed by atoms with E-state index in [1.807, 2.05) is 12.1 Å². The molecule has 0 saturated heterocycles. The normalized spacial score (nSPS) is 14.2. The van der Waals surface area contributed by atoms with Gasteiger partial charge in [-0.25, -0.2) is 0 Å². The second-order valence-electron chi connectivity index (χ2n) is 3.90. The van der Waals surface area contributed by atoms with Crippen LogP contribution in [0, 0.1) is 0 Å². The van der Waals surface area contributed by atoms with E-state index < -0.39 is 5.37 Å². The summed E-state index contributed by atoms with van der Waals surface area (Å²) in [5.74, 6) is 1.40. The average molecular weight is 256 g/mol. The van der Waals surface area contributed by atoms with Crippen LogP contribution in [0.2, 0.25) is 0 Å². The molecule has 1 aliphatic rings. The molecule has 0 spiro atoms. The lowest BCUT2D eigenvalue weighted by Gasteiger charge is -2.27. The summed E-state index contributed by atoms with van der Waals surface area (Å²) < 4.78 is 10.5. The predicted octanol–water partition coefficient (Wildman–Crippen LogP) is 2.42. The molecule has 5 heteroatoms. The lowest BCUT2D eigenvalue weighted by Crippen LogP contribution is -2.32. The minimum atomic E-state index is -0.412. The highest BCUT2D eigenvalue weighted by Crippen LogP contribution is 2.33. The van der Waals surface area contributed by atoms with E-state index in [2.05, 4.69) is 0 Å². The molecule has 1 amide bonds. The van der Waals surface area contributed by atoms with Crippen molar-refractivity contribution in [3.05, 3.63) is 23.3 Å². The summed E-state index contributed by atoms with van der Waals surface area (Å²) in [6, 6.07) is 3.87. The molecule has 1 aliphatic heterocycles. The van der Waals surface area contributed by atoms with E-state index in [0.717, 1.165) is 17.7 Å². The number of carbonyl (C=O) groups excluding carboxylic acids is 1. The Morgan fingerprint density at radius 1 is 1.24 bits per heavy atom. The fourth-order valence-corrected chi connectivity index (χ4v) is 2.18. The van der Waals surface area contributed by atoms with Crippen LogP contribution in [-0.4, -0.2) is 31.0 Å². The molecular weight excluding hydrogens is 242 g/mol. The third-order valence-electron chi connectivity index (χ3n) is 2.97. The summed E-state index contributed by atoms with van der Waals surface area (Å²) in [6.07, 6.45) is 0.786. The average Bonchev–Trinajstić information content (AvgIpc) is 2.36. The Morgan fingerprint density at radius 2 is 1.82 bits per heavy atom. The Hall–Kier alpha value is -1.42. The molecule has 4 nitrogen and oxygen atoms in total. The van der Waals surface area contributed by atoms with Crippen LogP contribution in [0.25, 0.3) is 0 Å². The summed E-state index contributed by atoms with van der Waals surface area (Å²) in [7, 11) is 3.21. The van der Waals surface area contributed by atoms with E-state index in [4.69, 9.17) is 21.1 Å². The van der Waals surface area contributed by atoms with Crippen molar-refractivity contribution in [3.63, 3.8) is 0 Å². The largest absolute Gasteiger partial charge is 0.493 e. The number of fused-ring (bicyclic) bond motifs is 1. The Labute approximate surface area is 105 Å². The summed E-state index contributed by atoms with van der Waals surface area (Å²) >= 11 is 5.49. The molecular formula is C12H14ClNO3. The quantitative estimate of drug-likeness (QED) is 0.602. The van der Waals surface area contributed by atoms with Gasteiger partial charge in [-0.2, -0.15) is 0 Å². The fourth-order valence-electron chi connectivity index (χ4n) is 2.03. The second kappa shape index (κ2) is 4.84. The molecule has 0 fully saturated rings. The van der Waals surface area contributed by atoms with Gasteiger partial charge in [0.1, 0.15) is 0 Å². The van der Waals surface area contributed by atoms with Crippen molar-refractivity contribution in [2.75, 3.05) is 20.8 Å². The highest BCUT2D eigenvalue weighted by atomic mass is 35.5. The van der Waals surface area contributed by atoms with Crippen molar-refractivity contribution >= 4 is 17.0 Å². The van der Waals surface area contributed by atoms with Gasteiger partial charge >= 0.3 is 5.37 Å². The summed E-state index contributed by atoms with van der Waals surface area (Å²) in [5, 5.41) is -0.412. The Bertz CT molecular complexity index is 448. The highest BCUT2D eigenvalue weighted by molar-refractivity contribution is 6.62. The van der Waals surface area contributed by atoms with Crippen LogP contribution >= 0.6 is 11.6 Å². The Morgan fingerprint density at radius 3 is 2.35 bits per heavy atom. The van der Waals surface area contributed by atoms with E-state index in [0.29, 0.717) is 18.8 Å². The molecule has 0 atom stereocenters.